The van der Waals surface area contributed by atoms with Crippen LogP contribution < -0.4 is 4.90 Å². The van der Waals surface area contributed by atoms with Crippen LogP contribution in [0, 0.1) is 17.2 Å². The van der Waals surface area contributed by atoms with Crippen molar-refractivity contribution in [3.8, 4) is 6.07 Å². The van der Waals surface area contributed by atoms with Crippen LogP contribution in [0.4, 0.5) is 5.00 Å². The molecule has 0 aliphatic rings. The van der Waals surface area contributed by atoms with Crippen molar-refractivity contribution >= 4 is 22.3 Å². The molecule has 0 amide bonds. The summed E-state index contributed by atoms with van der Waals surface area (Å²) < 4.78 is 0. The largest absolute Gasteiger partial charge is 0.481 e. The Labute approximate surface area is 131 Å². The minimum absolute atomic E-state index is 0.0872. The van der Waals surface area contributed by atoms with Gasteiger partial charge in [0.05, 0.1) is 11.5 Å². The van der Waals surface area contributed by atoms with E-state index in [1.54, 1.807) is 6.92 Å². The minimum atomic E-state index is -0.804. The first-order valence-electron chi connectivity index (χ1n) is 7.22. The van der Waals surface area contributed by atoms with Gasteiger partial charge in [-0.25, -0.2) is 0 Å². The molecule has 21 heavy (non-hydrogen) atoms. The van der Waals surface area contributed by atoms with E-state index in [9.17, 15) is 10.1 Å². The van der Waals surface area contributed by atoms with Gasteiger partial charge in [0.2, 0.25) is 0 Å². The van der Waals surface area contributed by atoms with Gasteiger partial charge in [-0.05, 0) is 22.8 Å². The molecule has 0 spiro atoms. The average molecular weight is 308 g/mol. The van der Waals surface area contributed by atoms with Crippen LogP contribution in [0.5, 0.6) is 0 Å². The Kier molecular flexibility index (Phi) is 5.79. The number of hydrogen-bond donors (Lipinski definition) is 1. The zero-order valence-electron chi connectivity index (χ0n) is 13.4. The lowest BCUT2D eigenvalue weighted by Gasteiger charge is -2.26. The number of carbonyl (C=O) groups is 1. The van der Waals surface area contributed by atoms with E-state index < -0.39 is 11.9 Å². The Balaban J connectivity index is 3.18. The molecule has 4 nitrogen and oxygen atoms in total. The van der Waals surface area contributed by atoms with Crippen molar-refractivity contribution in [3.05, 3.63) is 16.5 Å². The summed E-state index contributed by atoms with van der Waals surface area (Å²) in [6.45, 7) is 11.2. The molecular weight excluding hydrogens is 284 g/mol. The molecule has 1 aromatic heterocycles. The van der Waals surface area contributed by atoms with Gasteiger partial charge >= 0.3 is 5.97 Å². The van der Waals surface area contributed by atoms with Crippen molar-refractivity contribution in [3.63, 3.8) is 0 Å². The van der Waals surface area contributed by atoms with Gasteiger partial charge in [0.15, 0.2) is 0 Å². The van der Waals surface area contributed by atoms with E-state index in [1.165, 1.54) is 11.3 Å². The standard InChI is InChI=1S/C16H24N2O2S/c1-6-7-18(9-11(2)15(19)20)14-12(8-17)13(10-21-14)16(3,4)5/h10-11H,6-7,9H2,1-5H3,(H,19,20). The summed E-state index contributed by atoms with van der Waals surface area (Å²) in [5.41, 5.74) is 1.64. The summed E-state index contributed by atoms with van der Waals surface area (Å²) in [7, 11) is 0. The average Bonchev–Trinajstić information content (AvgIpc) is 2.81. The molecule has 0 saturated heterocycles. The van der Waals surface area contributed by atoms with Crippen LogP contribution in [0.3, 0.4) is 0 Å². The highest BCUT2D eigenvalue weighted by atomic mass is 32.1. The SMILES string of the molecule is CCCN(CC(C)C(=O)O)c1scc(C(C)(C)C)c1C#N. The number of thiophene rings is 1. The zero-order chi connectivity index (χ0) is 16.2. The number of anilines is 1. The van der Waals surface area contributed by atoms with Gasteiger partial charge in [-0.1, -0.05) is 34.6 Å². The second-order valence-electron chi connectivity index (χ2n) is 6.38. The highest BCUT2D eigenvalue weighted by molar-refractivity contribution is 7.14. The summed E-state index contributed by atoms with van der Waals surface area (Å²) in [4.78, 5) is 13.1. The van der Waals surface area contributed by atoms with Crippen LogP contribution in [0.25, 0.3) is 0 Å². The maximum atomic E-state index is 11.1. The number of carboxylic acids is 1. The summed E-state index contributed by atoms with van der Waals surface area (Å²) in [5, 5.41) is 21.6. The van der Waals surface area contributed by atoms with E-state index in [-0.39, 0.29) is 5.41 Å². The van der Waals surface area contributed by atoms with Crippen molar-refractivity contribution in [1.82, 2.24) is 0 Å². The first-order valence-corrected chi connectivity index (χ1v) is 8.10. The van der Waals surface area contributed by atoms with Crippen LogP contribution >= 0.6 is 11.3 Å². The molecule has 1 unspecified atom stereocenters. The normalized spacial score (nSPS) is 12.8. The first kappa shape index (κ1) is 17.5. The highest BCUT2D eigenvalue weighted by Gasteiger charge is 2.26. The predicted octanol–water partition coefficient (Wildman–Crippen LogP) is 3.85. The molecule has 1 aromatic rings. The van der Waals surface area contributed by atoms with E-state index in [4.69, 9.17) is 5.11 Å². The van der Waals surface area contributed by atoms with Crippen molar-refractivity contribution in [1.29, 1.82) is 5.26 Å². The van der Waals surface area contributed by atoms with Crippen molar-refractivity contribution < 1.29 is 9.90 Å². The van der Waals surface area contributed by atoms with E-state index in [0.717, 1.165) is 23.5 Å². The summed E-state index contributed by atoms with van der Waals surface area (Å²) >= 11 is 1.54. The molecule has 1 N–H and O–H groups in total. The van der Waals surface area contributed by atoms with Gasteiger partial charge < -0.3 is 10.0 Å². The van der Waals surface area contributed by atoms with E-state index >= 15 is 0 Å². The topological polar surface area (TPSA) is 64.3 Å². The van der Waals surface area contributed by atoms with Crippen LogP contribution in [-0.4, -0.2) is 24.2 Å². The van der Waals surface area contributed by atoms with Gasteiger partial charge in [-0.3, -0.25) is 4.79 Å². The number of carboxylic acid groups (broad SMARTS) is 1. The third-order valence-corrected chi connectivity index (χ3v) is 4.43. The van der Waals surface area contributed by atoms with Gasteiger partial charge in [-0.15, -0.1) is 11.3 Å². The maximum absolute atomic E-state index is 11.1. The molecule has 0 radical (unpaired) electrons. The van der Waals surface area contributed by atoms with Crippen LogP contribution in [0.15, 0.2) is 5.38 Å². The Morgan fingerprint density at radius 3 is 2.57 bits per heavy atom. The lowest BCUT2D eigenvalue weighted by atomic mass is 9.86. The lowest BCUT2D eigenvalue weighted by molar-refractivity contribution is -0.140. The third-order valence-electron chi connectivity index (χ3n) is 3.39. The Hall–Kier alpha value is -1.54. The number of aliphatic carboxylic acids is 1. The number of nitriles is 1. The fraction of sp³-hybridized carbons (Fsp3) is 0.625. The second-order valence-corrected chi connectivity index (χ2v) is 7.23. The molecule has 0 aliphatic carbocycles. The Morgan fingerprint density at radius 2 is 2.14 bits per heavy atom. The fourth-order valence-electron chi connectivity index (χ4n) is 2.19. The van der Waals surface area contributed by atoms with Gasteiger partial charge in [0.1, 0.15) is 11.1 Å². The maximum Gasteiger partial charge on any atom is 0.308 e. The summed E-state index contributed by atoms with van der Waals surface area (Å²) in [5.74, 6) is -1.26. The molecule has 1 atom stereocenters. The molecule has 1 heterocycles. The van der Waals surface area contributed by atoms with Crippen LogP contribution in [0.1, 0.15) is 52.2 Å². The molecule has 0 aliphatic heterocycles. The van der Waals surface area contributed by atoms with Crippen molar-refractivity contribution in [2.75, 3.05) is 18.0 Å². The number of rotatable bonds is 6. The van der Waals surface area contributed by atoms with Gasteiger partial charge in [0, 0.05) is 13.1 Å². The van der Waals surface area contributed by atoms with Crippen molar-refractivity contribution in [2.45, 2.75) is 46.5 Å². The number of hydrogen-bond acceptors (Lipinski definition) is 4. The monoisotopic (exact) mass is 308 g/mol. The molecule has 0 fully saturated rings. The molecule has 116 valence electrons. The summed E-state index contributed by atoms with van der Waals surface area (Å²) in [6, 6.07) is 2.31. The van der Waals surface area contributed by atoms with Crippen molar-refractivity contribution in [2.24, 2.45) is 5.92 Å². The molecule has 0 bridgehead atoms. The van der Waals surface area contributed by atoms with Crippen LogP contribution in [-0.2, 0) is 10.2 Å². The first-order chi connectivity index (χ1) is 9.72. The van der Waals surface area contributed by atoms with E-state index in [2.05, 4.69) is 33.8 Å². The quantitative estimate of drug-likeness (QED) is 0.867. The molecule has 5 heteroatoms. The van der Waals surface area contributed by atoms with E-state index in [0.29, 0.717) is 12.1 Å². The molecule has 1 rings (SSSR count). The molecule has 0 saturated carbocycles. The van der Waals surface area contributed by atoms with Gasteiger partial charge in [0.25, 0.3) is 0 Å². The highest BCUT2D eigenvalue weighted by Crippen LogP contribution is 2.38. The third kappa shape index (κ3) is 4.21. The molecule has 0 aromatic carbocycles. The number of nitrogens with zero attached hydrogens (tertiary/aromatic N) is 2. The predicted molar refractivity (Wildman–Crippen MR) is 87.0 cm³/mol. The van der Waals surface area contributed by atoms with Gasteiger partial charge in [-0.2, -0.15) is 5.26 Å². The summed E-state index contributed by atoms with van der Waals surface area (Å²) in [6.07, 6.45) is 0.917. The second kappa shape index (κ2) is 6.95. The zero-order valence-corrected chi connectivity index (χ0v) is 14.3. The smallest absolute Gasteiger partial charge is 0.308 e. The fourth-order valence-corrected chi connectivity index (χ4v) is 3.48. The lowest BCUT2D eigenvalue weighted by Crippen LogP contribution is -2.32. The van der Waals surface area contributed by atoms with Crippen LogP contribution in [0.2, 0.25) is 0 Å². The van der Waals surface area contributed by atoms with E-state index in [1.807, 2.05) is 10.3 Å². The minimum Gasteiger partial charge on any atom is -0.481 e. The Bertz CT molecular complexity index is 537. The Morgan fingerprint density at radius 1 is 1.52 bits per heavy atom. The molecular formula is C16H24N2O2S.